The Morgan fingerprint density at radius 3 is 2.53 bits per heavy atom. The summed E-state index contributed by atoms with van der Waals surface area (Å²) in [7, 11) is -1.72. The maximum absolute atomic E-state index is 11.6. The first kappa shape index (κ1) is 15.0. The normalized spacial score (nSPS) is 32.2. The quantitative estimate of drug-likeness (QED) is 0.698. The molecule has 0 amide bonds. The van der Waals surface area contributed by atoms with Crippen molar-refractivity contribution in [1.82, 2.24) is 0 Å². The Balaban J connectivity index is 2.20. The SMILES string of the molecule is CC12CCC(=O)C=C1CC[C@@H]2O[Si](C)(C)C(C)(C)C. The maximum Gasteiger partial charge on any atom is 0.192 e. The van der Waals surface area contributed by atoms with Gasteiger partial charge in [0.1, 0.15) is 0 Å². The van der Waals surface area contributed by atoms with Gasteiger partial charge in [0.05, 0.1) is 6.10 Å². The molecule has 1 fully saturated rings. The minimum absolute atomic E-state index is 0.115. The fourth-order valence-electron chi connectivity index (χ4n) is 3.03. The monoisotopic (exact) mass is 280 g/mol. The predicted molar refractivity (Wildman–Crippen MR) is 81.7 cm³/mol. The van der Waals surface area contributed by atoms with Gasteiger partial charge < -0.3 is 4.43 Å². The molecule has 2 aliphatic carbocycles. The van der Waals surface area contributed by atoms with Crippen LogP contribution in [-0.4, -0.2) is 20.2 Å². The van der Waals surface area contributed by atoms with Crippen LogP contribution < -0.4 is 0 Å². The molecular formula is C16H28O2Si. The predicted octanol–water partition coefficient (Wildman–Crippen LogP) is 4.47. The van der Waals surface area contributed by atoms with E-state index in [0.717, 1.165) is 19.3 Å². The molecule has 1 saturated carbocycles. The Labute approximate surface area is 118 Å². The van der Waals surface area contributed by atoms with E-state index in [1.54, 1.807) is 0 Å². The Morgan fingerprint density at radius 2 is 1.95 bits per heavy atom. The van der Waals surface area contributed by atoms with E-state index in [1.807, 2.05) is 6.08 Å². The molecule has 0 spiro atoms. The summed E-state index contributed by atoms with van der Waals surface area (Å²) in [5, 5.41) is 0.250. The maximum atomic E-state index is 11.6. The highest BCUT2D eigenvalue weighted by Crippen LogP contribution is 2.52. The fourth-order valence-corrected chi connectivity index (χ4v) is 4.47. The van der Waals surface area contributed by atoms with Gasteiger partial charge in [0.2, 0.25) is 0 Å². The van der Waals surface area contributed by atoms with Gasteiger partial charge in [-0.25, -0.2) is 0 Å². The van der Waals surface area contributed by atoms with E-state index >= 15 is 0 Å². The summed E-state index contributed by atoms with van der Waals surface area (Å²) >= 11 is 0. The van der Waals surface area contributed by atoms with E-state index in [4.69, 9.17) is 4.43 Å². The van der Waals surface area contributed by atoms with Crippen LogP contribution in [0.15, 0.2) is 11.6 Å². The molecule has 1 unspecified atom stereocenters. The van der Waals surface area contributed by atoms with Crippen LogP contribution in [-0.2, 0) is 9.22 Å². The first-order valence-electron chi connectivity index (χ1n) is 7.48. The summed E-state index contributed by atoms with van der Waals surface area (Å²) in [6.07, 6.45) is 6.00. The van der Waals surface area contributed by atoms with Crippen LogP contribution in [0.2, 0.25) is 18.1 Å². The lowest BCUT2D eigenvalue weighted by atomic mass is 9.74. The smallest absolute Gasteiger partial charge is 0.192 e. The number of allylic oxidation sites excluding steroid dienone is 1. The minimum Gasteiger partial charge on any atom is -0.413 e. The number of carbonyl (C=O) groups excluding carboxylic acids is 1. The second-order valence-electron chi connectivity index (χ2n) is 7.96. The summed E-state index contributed by atoms with van der Waals surface area (Å²) in [4.78, 5) is 11.6. The van der Waals surface area contributed by atoms with Crippen molar-refractivity contribution in [2.45, 2.75) is 77.6 Å². The first-order valence-corrected chi connectivity index (χ1v) is 10.4. The van der Waals surface area contributed by atoms with Gasteiger partial charge in [0, 0.05) is 11.8 Å². The molecule has 3 heteroatoms. The van der Waals surface area contributed by atoms with Gasteiger partial charge in [-0.05, 0) is 43.5 Å². The summed E-state index contributed by atoms with van der Waals surface area (Å²) in [5.74, 6) is 0.306. The molecule has 108 valence electrons. The van der Waals surface area contributed by atoms with E-state index in [9.17, 15) is 4.79 Å². The Hall–Kier alpha value is -0.413. The Bertz CT molecular complexity index is 417. The highest BCUT2D eigenvalue weighted by atomic mass is 28.4. The lowest BCUT2D eigenvalue weighted by Gasteiger charge is -2.44. The first-order chi connectivity index (χ1) is 8.56. The molecule has 2 nitrogen and oxygen atoms in total. The van der Waals surface area contributed by atoms with Crippen molar-refractivity contribution in [3.63, 3.8) is 0 Å². The fraction of sp³-hybridized carbons (Fsp3) is 0.812. The van der Waals surface area contributed by atoms with Crippen molar-refractivity contribution < 1.29 is 9.22 Å². The third-order valence-electron chi connectivity index (χ3n) is 5.59. The van der Waals surface area contributed by atoms with Crippen molar-refractivity contribution in [3.8, 4) is 0 Å². The lowest BCUT2D eigenvalue weighted by molar-refractivity contribution is -0.116. The molecule has 0 aromatic carbocycles. The van der Waals surface area contributed by atoms with Gasteiger partial charge in [-0.2, -0.15) is 0 Å². The van der Waals surface area contributed by atoms with Crippen LogP contribution in [0, 0.1) is 5.41 Å². The van der Waals surface area contributed by atoms with E-state index < -0.39 is 8.32 Å². The summed E-state index contributed by atoms with van der Waals surface area (Å²) < 4.78 is 6.66. The Kier molecular flexibility index (Phi) is 3.59. The zero-order valence-corrected chi connectivity index (χ0v) is 14.3. The summed E-state index contributed by atoms with van der Waals surface area (Å²) in [6.45, 7) is 13.8. The van der Waals surface area contributed by atoms with Crippen LogP contribution in [0.1, 0.15) is 53.4 Å². The zero-order chi connectivity index (χ0) is 14.5. The van der Waals surface area contributed by atoms with Gasteiger partial charge in [-0.15, -0.1) is 0 Å². The highest BCUT2D eigenvalue weighted by molar-refractivity contribution is 6.74. The summed E-state index contributed by atoms with van der Waals surface area (Å²) in [5.41, 5.74) is 1.45. The number of carbonyl (C=O) groups is 1. The van der Waals surface area contributed by atoms with Gasteiger partial charge in [0.15, 0.2) is 14.1 Å². The van der Waals surface area contributed by atoms with E-state index in [-0.39, 0.29) is 10.5 Å². The van der Waals surface area contributed by atoms with Gasteiger partial charge in [0.25, 0.3) is 0 Å². The number of hydrogen-bond acceptors (Lipinski definition) is 2. The molecule has 0 aromatic rings. The van der Waals surface area contributed by atoms with Crippen LogP contribution in [0.25, 0.3) is 0 Å². The summed E-state index contributed by atoms with van der Waals surface area (Å²) in [6, 6.07) is 0. The molecule has 0 saturated heterocycles. The largest absolute Gasteiger partial charge is 0.413 e. The van der Waals surface area contributed by atoms with Crippen molar-refractivity contribution in [2.24, 2.45) is 5.41 Å². The zero-order valence-electron chi connectivity index (χ0n) is 13.3. The third kappa shape index (κ3) is 2.59. The van der Waals surface area contributed by atoms with Crippen LogP contribution in [0.3, 0.4) is 0 Å². The minimum atomic E-state index is -1.72. The second-order valence-corrected chi connectivity index (χ2v) is 12.7. The highest BCUT2D eigenvalue weighted by Gasteiger charge is 2.49. The van der Waals surface area contributed by atoms with E-state index in [1.165, 1.54) is 5.57 Å². The van der Waals surface area contributed by atoms with Crippen molar-refractivity contribution in [1.29, 1.82) is 0 Å². The molecule has 0 bridgehead atoms. The van der Waals surface area contributed by atoms with Crippen LogP contribution in [0.5, 0.6) is 0 Å². The number of hydrogen-bond donors (Lipinski definition) is 0. The lowest BCUT2D eigenvalue weighted by Crippen LogP contribution is -2.47. The molecule has 2 rings (SSSR count). The molecule has 2 aliphatic rings. The van der Waals surface area contributed by atoms with Crippen molar-refractivity contribution in [2.75, 3.05) is 0 Å². The van der Waals surface area contributed by atoms with Gasteiger partial charge in [-0.3, -0.25) is 4.79 Å². The van der Waals surface area contributed by atoms with Gasteiger partial charge in [-0.1, -0.05) is 33.3 Å². The molecule has 0 aromatic heterocycles. The third-order valence-corrected chi connectivity index (χ3v) is 10.1. The molecule has 0 heterocycles. The van der Waals surface area contributed by atoms with E-state index in [2.05, 4.69) is 40.8 Å². The average Bonchev–Trinajstić information content (AvgIpc) is 2.55. The molecule has 2 atom stereocenters. The molecule has 0 aliphatic heterocycles. The van der Waals surface area contributed by atoms with Crippen molar-refractivity contribution >= 4 is 14.1 Å². The Morgan fingerprint density at radius 1 is 1.32 bits per heavy atom. The van der Waals surface area contributed by atoms with Gasteiger partial charge >= 0.3 is 0 Å². The molecular weight excluding hydrogens is 252 g/mol. The molecule has 19 heavy (non-hydrogen) atoms. The average molecular weight is 280 g/mol. The van der Waals surface area contributed by atoms with Crippen LogP contribution in [0.4, 0.5) is 0 Å². The van der Waals surface area contributed by atoms with Crippen LogP contribution >= 0.6 is 0 Å². The van der Waals surface area contributed by atoms with E-state index in [0.29, 0.717) is 18.3 Å². The number of fused-ring (bicyclic) bond motifs is 1. The topological polar surface area (TPSA) is 26.3 Å². The molecule has 0 N–H and O–H groups in total. The standard InChI is InChI=1S/C16H28O2Si/c1-15(2,3)19(5,6)18-14-8-7-12-11-13(17)9-10-16(12,14)4/h11,14H,7-10H2,1-6H3/t14-,16?/m0/s1. The molecule has 0 radical (unpaired) electrons. The second kappa shape index (κ2) is 4.56. The number of rotatable bonds is 2. The number of ketones is 1. The van der Waals surface area contributed by atoms with Crippen molar-refractivity contribution in [3.05, 3.63) is 11.6 Å².